The van der Waals surface area contributed by atoms with Crippen molar-refractivity contribution in [2.75, 3.05) is 25.9 Å². The van der Waals surface area contributed by atoms with Crippen LogP contribution in [0.25, 0.3) is 0 Å². The zero-order valence-electron chi connectivity index (χ0n) is 16.7. The van der Waals surface area contributed by atoms with Crippen molar-refractivity contribution in [2.24, 2.45) is 0 Å². The molecule has 0 saturated carbocycles. The lowest BCUT2D eigenvalue weighted by atomic mass is 10.1. The van der Waals surface area contributed by atoms with Crippen molar-refractivity contribution in [3.05, 3.63) is 0 Å². The minimum Gasteiger partial charge on any atom is -0.391 e. The number of aliphatic hydroxyl groups excluding tert-OH is 1. The summed E-state index contributed by atoms with van der Waals surface area (Å²) in [6.07, 6.45) is 0.652. The molecular formula is C17H32N4O6S. The fourth-order valence-corrected chi connectivity index (χ4v) is 4.27. The van der Waals surface area contributed by atoms with E-state index in [1.165, 1.54) is 18.9 Å². The molecule has 0 spiro atoms. The predicted octanol–water partition coefficient (Wildman–Crippen LogP) is -1.30. The van der Waals surface area contributed by atoms with Crippen LogP contribution in [0.1, 0.15) is 46.0 Å². The van der Waals surface area contributed by atoms with Gasteiger partial charge in [0.15, 0.2) is 0 Å². The monoisotopic (exact) mass is 420 g/mol. The normalized spacial score (nSPS) is 21.5. The smallest absolute Gasteiger partial charge is 0.238 e. The first kappa shape index (κ1) is 24.3. The molecule has 3 atom stereocenters. The molecule has 0 aromatic carbocycles. The van der Waals surface area contributed by atoms with E-state index in [1.807, 2.05) is 0 Å². The van der Waals surface area contributed by atoms with E-state index in [0.717, 1.165) is 0 Å². The van der Waals surface area contributed by atoms with E-state index < -0.39 is 34.1 Å². The standard InChI is InChI=1S/C17H32N4O6S/c1-4-9-28(26,27)20-12(2)17(25)19-13-5-6-14(22)11-21(10-13)16(24)8-7-15(23)18-3/h12-14,20,22H,4-11H2,1-3H3,(H,18,23)(H,19,25)/t12?,13-,14+/m1/s1. The Morgan fingerprint density at radius 3 is 2.46 bits per heavy atom. The maximum Gasteiger partial charge on any atom is 0.238 e. The predicted molar refractivity (Wildman–Crippen MR) is 104 cm³/mol. The second-order valence-corrected chi connectivity index (χ2v) is 8.94. The highest BCUT2D eigenvalue weighted by Gasteiger charge is 2.29. The van der Waals surface area contributed by atoms with Gasteiger partial charge in [-0.25, -0.2) is 13.1 Å². The summed E-state index contributed by atoms with van der Waals surface area (Å²) in [6, 6.07) is -1.35. The van der Waals surface area contributed by atoms with Gasteiger partial charge in [0, 0.05) is 39.0 Å². The number of carbonyl (C=O) groups excluding carboxylic acids is 3. The van der Waals surface area contributed by atoms with Crippen LogP contribution < -0.4 is 15.4 Å². The molecule has 28 heavy (non-hydrogen) atoms. The summed E-state index contributed by atoms with van der Waals surface area (Å²) in [5, 5.41) is 15.2. The van der Waals surface area contributed by atoms with Gasteiger partial charge < -0.3 is 20.6 Å². The number of hydrogen-bond donors (Lipinski definition) is 4. The van der Waals surface area contributed by atoms with Gasteiger partial charge in [-0.15, -0.1) is 0 Å². The second kappa shape index (κ2) is 11.3. The Kier molecular flexibility index (Phi) is 9.83. The van der Waals surface area contributed by atoms with Crippen LogP contribution >= 0.6 is 0 Å². The van der Waals surface area contributed by atoms with Crippen LogP contribution in [0.15, 0.2) is 0 Å². The summed E-state index contributed by atoms with van der Waals surface area (Å²) in [7, 11) is -2.04. The Balaban J connectivity index is 2.67. The van der Waals surface area contributed by atoms with Crippen LogP contribution in [0.5, 0.6) is 0 Å². The average Bonchev–Trinajstić information content (AvgIpc) is 2.80. The van der Waals surface area contributed by atoms with Crippen LogP contribution in [0, 0.1) is 0 Å². The Morgan fingerprint density at radius 2 is 1.86 bits per heavy atom. The average molecular weight is 421 g/mol. The van der Waals surface area contributed by atoms with E-state index in [1.54, 1.807) is 6.92 Å². The van der Waals surface area contributed by atoms with Crippen LogP contribution in [-0.4, -0.2) is 80.2 Å². The molecule has 10 nitrogen and oxygen atoms in total. The zero-order valence-corrected chi connectivity index (χ0v) is 17.5. The minimum absolute atomic E-state index is 0.0142. The molecule has 0 aromatic rings. The van der Waals surface area contributed by atoms with Crippen molar-refractivity contribution >= 4 is 27.7 Å². The number of nitrogens with zero attached hydrogens (tertiary/aromatic N) is 1. The lowest BCUT2D eigenvalue weighted by Gasteiger charge is -2.26. The van der Waals surface area contributed by atoms with E-state index in [0.29, 0.717) is 19.3 Å². The van der Waals surface area contributed by atoms with Crippen molar-refractivity contribution < 1.29 is 27.9 Å². The van der Waals surface area contributed by atoms with Gasteiger partial charge in [0.05, 0.1) is 17.9 Å². The Bertz CT molecular complexity index is 654. The van der Waals surface area contributed by atoms with Gasteiger partial charge in [0.2, 0.25) is 27.7 Å². The highest BCUT2D eigenvalue weighted by molar-refractivity contribution is 7.89. The molecule has 0 radical (unpaired) electrons. The summed E-state index contributed by atoms with van der Waals surface area (Å²) in [5.41, 5.74) is 0. The number of likely N-dealkylation sites (tertiary alicyclic amines) is 1. The first-order valence-electron chi connectivity index (χ1n) is 9.54. The lowest BCUT2D eigenvalue weighted by molar-refractivity contribution is -0.135. The minimum atomic E-state index is -3.53. The summed E-state index contributed by atoms with van der Waals surface area (Å²) in [4.78, 5) is 37.5. The Morgan fingerprint density at radius 1 is 1.18 bits per heavy atom. The highest BCUT2D eigenvalue weighted by atomic mass is 32.2. The van der Waals surface area contributed by atoms with Crippen LogP contribution in [0.4, 0.5) is 0 Å². The van der Waals surface area contributed by atoms with Crippen LogP contribution in [0.3, 0.4) is 0 Å². The molecule has 1 heterocycles. The summed E-state index contributed by atoms with van der Waals surface area (Å²) >= 11 is 0. The number of aliphatic hydroxyl groups is 1. The molecule has 1 aliphatic rings. The fourth-order valence-electron chi connectivity index (χ4n) is 2.97. The number of carbonyl (C=O) groups is 3. The van der Waals surface area contributed by atoms with Gasteiger partial charge in [-0.05, 0) is 26.2 Å². The van der Waals surface area contributed by atoms with Gasteiger partial charge in [0.25, 0.3) is 0 Å². The first-order valence-corrected chi connectivity index (χ1v) is 11.2. The molecule has 11 heteroatoms. The molecule has 1 unspecified atom stereocenters. The third-order valence-corrected chi connectivity index (χ3v) is 6.14. The number of hydrogen-bond acceptors (Lipinski definition) is 6. The number of sulfonamides is 1. The second-order valence-electron chi connectivity index (χ2n) is 7.07. The number of rotatable bonds is 9. The highest BCUT2D eigenvalue weighted by Crippen LogP contribution is 2.13. The SMILES string of the molecule is CCCS(=O)(=O)NC(C)C(=O)N[C@@H]1CC[C@H](O)CN(C(=O)CCC(=O)NC)C1. The maximum atomic E-state index is 12.4. The molecule has 1 saturated heterocycles. The first-order chi connectivity index (χ1) is 13.1. The lowest BCUT2D eigenvalue weighted by Crippen LogP contribution is -2.51. The zero-order chi connectivity index (χ0) is 21.3. The number of amides is 3. The Labute approximate surface area is 166 Å². The molecule has 4 N–H and O–H groups in total. The largest absolute Gasteiger partial charge is 0.391 e. The number of β-amino-alcohol motifs (C(OH)–C–C–N with tert-alkyl or cyclic N) is 1. The van der Waals surface area contributed by atoms with E-state index in [4.69, 9.17) is 0 Å². The van der Waals surface area contributed by atoms with E-state index in [-0.39, 0.29) is 43.5 Å². The molecular weight excluding hydrogens is 388 g/mol. The van der Waals surface area contributed by atoms with Crippen molar-refractivity contribution in [2.45, 2.75) is 64.1 Å². The topological polar surface area (TPSA) is 145 Å². The van der Waals surface area contributed by atoms with E-state index >= 15 is 0 Å². The molecule has 1 fully saturated rings. The molecule has 0 bridgehead atoms. The van der Waals surface area contributed by atoms with Crippen molar-refractivity contribution in [1.29, 1.82) is 0 Å². The Hall–Kier alpha value is -1.72. The number of nitrogens with one attached hydrogen (secondary N) is 3. The van der Waals surface area contributed by atoms with Crippen molar-refractivity contribution in [3.63, 3.8) is 0 Å². The van der Waals surface area contributed by atoms with Crippen molar-refractivity contribution in [1.82, 2.24) is 20.3 Å². The molecule has 1 aliphatic heterocycles. The molecule has 1 rings (SSSR count). The summed E-state index contributed by atoms with van der Waals surface area (Å²) in [5.74, 6) is -1.07. The van der Waals surface area contributed by atoms with Gasteiger partial charge in [0.1, 0.15) is 0 Å². The van der Waals surface area contributed by atoms with Crippen LogP contribution in [-0.2, 0) is 24.4 Å². The van der Waals surface area contributed by atoms with Gasteiger partial charge in [-0.1, -0.05) is 6.92 Å². The molecule has 3 amide bonds. The summed E-state index contributed by atoms with van der Waals surface area (Å²) < 4.78 is 26.0. The molecule has 0 aliphatic carbocycles. The van der Waals surface area contributed by atoms with Gasteiger partial charge in [-0.2, -0.15) is 0 Å². The summed E-state index contributed by atoms with van der Waals surface area (Å²) in [6.45, 7) is 3.53. The van der Waals surface area contributed by atoms with Crippen molar-refractivity contribution in [3.8, 4) is 0 Å². The quantitative estimate of drug-likeness (QED) is 0.365. The third-order valence-electron chi connectivity index (χ3n) is 4.49. The van der Waals surface area contributed by atoms with E-state index in [2.05, 4.69) is 15.4 Å². The fraction of sp³-hybridized carbons (Fsp3) is 0.824. The third kappa shape index (κ3) is 8.53. The maximum absolute atomic E-state index is 12.4. The van der Waals surface area contributed by atoms with Gasteiger partial charge in [-0.3, -0.25) is 14.4 Å². The van der Waals surface area contributed by atoms with Gasteiger partial charge >= 0.3 is 0 Å². The van der Waals surface area contributed by atoms with E-state index in [9.17, 15) is 27.9 Å². The van der Waals surface area contributed by atoms with Crippen LogP contribution in [0.2, 0.25) is 0 Å². The molecule has 0 aromatic heterocycles. The molecule has 162 valence electrons.